The second-order valence-electron chi connectivity index (χ2n) is 4.41. The minimum Gasteiger partial charge on any atom is -0.144 e. The van der Waals surface area contributed by atoms with E-state index < -0.39 is 0 Å². The summed E-state index contributed by atoms with van der Waals surface area (Å²) in [5.41, 5.74) is 4.16. The molecule has 1 aromatic heterocycles. The first kappa shape index (κ1) is 10.5. The van der Waals surface area contributed by atoms with Gasteiger partial charge in [0, 0.05) is 4.70 Å². The highest BCUT2D eigenvalue weighted by atomic mass is 32.1. The fraction of sp³-hybridized carbons (Fsp3) is 0.125. The van der Waals surface area contributed by atoms with Crippen LogP contribution in [-0.2, 0) is 6.42 Å². The Morgan fingerprint density at radius 2 is 1.76 bits per heavy atom. The van der Waals surface area contributed by atoms with Crippen molar-refractivity contribution < 1.29 is 0 Å². The molecule has 17 heavy (non-hydrogen) atoms. The van der Waals surface area contributed by atoms with Crippen molar-refractivity contribution in [2.24, 2.45) is 0 Å². The molecule has 0 N–H and O–H groups in total. The van der Waals surface area contributed by atoms with E-state index in [-0.39, 0.29) is 0 Å². The largest absolute Gasteiger partial charge is 0.144 e. The fourth-order valence-corrected chi connectivity index (χ4v) is 3.07. The van der Waals surface area contributed by atoms with Crippen LogP contribution in [0.1, 0.15) is 16.7 Å². The van der Waals surface area contributed by atoms with Gasteiger partial charge < -0.3 is 0 Å². The Balaban J connectivity index is 1.98. The number of aryl methyl sites for hydroxylation is 1. The molecule has 0 aliphatic carbocycles. The molecule has 84 valence electrons. The van der Waals surface area contributed by atoms with E-state index in [0.717, 1.165) is 6.42 Å². The Morgan fingerprint density at radius 1 is 0.941 bits per heavy atom. The van der Waals surface area contributed by atoms with E-state index in [1.165, 1.54) is 26.8 Å². The Labute approximate surface area is 106 Å². The maximum absolute atomic E-state index is 2.33. The van der Waals surface area contributed by atoms with Gasteiger partial charge in [0.2, 0.25) is 0 Å². The lowest BCUT2D eigenvalue weighted by Gasteiger charge is -2.02. The van der Waals surface area contributed by atoms with Gasteiger partial charge in [0.25, 0.3) is 0 Å². The molecule has 0 saturated carbocycles. The monoisotopic (exact) mass is 238 g/mol. The third kappa shape index (κ3) is 2.11. The normalized spacial score (nSPS) is 10.9. The second kappa shape index (κ2) is 4.34. The van der Waals surface area contributed by atoms with Gasteiger partial charge in [0.15, 0.2) is 0 Å². The zero-order valence-electron chi connectivity index (χ0n) is 9.81. The molecule has 0 fully saturated rings. The number of rotatable bonds is 2. The summed E-state index contributed by atoms with van der Waals surface area (Å²) in [7, 11) is 0. The highest BCUT2D eigenvalue weighted by Crippen LogP contribution is 2.26. The smallest absolute Gasteiger partial charge is 0.0345 e. The predicted octanol–water partition coefficient (Wildman–Crippen LogP) is 4.80. The molecule has 2 aromatic carbocycles. The van der Waals surface area contributed by atoms with Gasteiger partial charge >= 0.3 is 0 Å². The Bertz CT molecular complexity index is 635. The molecular weight excluding hydrogens is 224 g/mol. The molecular formula is C16H14S. The van der Waals surface area contributed by atoms with Gasteiger partial charge in [-0.25, -0.2) is 0 Å². The SMILES string of the molecule is Cc1csc2ccc(Cc3ccccc3)cc12. The van der Waals surface area contributed by atoms with Crippen LogP contribution in [0.4, 0.5) is 0 Å². The zero-order chi connectivity index (χ0) is 11.7. The second-order valence-corrected chi connectivity index (χ2v) is 5.32. The predicted molar refractivity (Wildman–Crippen MR) is 75.8 cm³/mol. The lowest BCUT2D eigenvalue weighted by molar-refractivity contribution is 1.20. The van der Waals surface area contributed by atoms with Crippen molar-refractivity contribution in [1.82, 2.24) is 0 Å². The van der Waals surface area contributed by atoms with Crippen LogP contribution < -0.4 is 0 Å². The molecule has 0 atom stereocenters. The Hall–Kier alpha value is -1.60. The molecule has 3 aromatic rings. The summed E-state index contributed by atoms with van der Waals surface area (Å²) in [6.45, 7) is 2.19. The number of hydrogen-bond acceptors (Lipinski definition) is 1. The van der Waals surface area contributed by atoms with Crippen LogP contribution in [0, 0.1) is 6.92 Å². The molecule has 0 aliphatic rings. The first-order chi connectivity index (χ1) is 8.33. The average Bonchev–Trinajstić information content (AvgIpc) is 2.73. The first-order valence-electron chi connectivity index (χ1n) is 5.83. The van der Waals surface area contributed by atoms with Crippen LogP contribution in [0.25, 0.3) is 10.1 Å². The van der Waals surface area contributed by atoms with Gasteiger partial charge in [-0.05, 0) is 52.9 Å². The van der Waals surface area contributed by atoms with Gasteiger partial charge in [-0.1, -0.05) is 36.4 Å². The van der Waals surface area contributed by atoms with Crippen molar-refractivity contribution in [2.75, 3.05) is 0 Å². The highest BCUT2D eigenvalue weighted by Gasteiger charge is 2.02. The molecule has 1 heterocycles. The van der Waals surface area contributed by atoms with Crippen molar-refractivity contribution in [3.8, 4) is 0 Å². The molecule has 1 heteroatoms. The van der Waals surface area contributed by atoms with E-state index in [2.05, 4.69) is 60.8 Å². The van der Waals surface area contributed by atoms with E-state index in [9.17, 15) is 0 Å². The molecule has 0 unspecified atom stereocenters. The van der Waals surface area contributed by atoms with E-state index in [1.807, 2.05) is 11.3 Å². The van der Waals surface area contributed by atoms with Gasteiger partial charge in [-0.3, -0.25) is 0 Å². The minimum absolute atomic E-state index is 1.02. The summed E-state index contributed by atoms with van der Waals surface area (Å²) in [6.07, 6.45) is 1.02. The van der Waals surface area contributed by atoms with Crippen molar-refractivity contribution in [3.63, 3.8) is 0 Å². The van der Waals surface area contributed by atoms with E-state index in [1.54, 1.807) is 0 Å². The van der Waals surface area contributed by atoms with Crippen LogP contribution in [0.15, 0.2) is 53.9 Å². The first-order valence-corrected chi connectivity index (χ1v) is 6.71. The summed E-state index contributed by atoms with van der Waals surface area (Å²) in [6, 6.07) is 17.4. The molecule has 0 nitrogen and oxygen atoms in total. The van der Waals surface area contributed by atoms with E-state index in [4.69, 9.17) is 0 Å². The Morgan fingerprint density at radius 3 is 2.59 bits per heavy atom. The summed E-state index contributed by atoms with van der Waals surface area (Å²) < 4.78 is 1.39. The Kier molecular flexibility index (Phi) is 2.69. The molecule has 0 saturated heterocycles. The van der Waals surface area contributed by atoms with Crippen molar-refractivity contribution >= 4 is 21.4 Å². The van der Waals surface area contributed by atoms with Gasteiger partial charge in [-0.2, -0.15) is 0 Å². The van der Waals surface area contributed by atoms with E-state index >= 15 is 0 Å². The molecule has 0 radical (unpaired) electrons. The molecule has 0 aliphatic heterocycles. The summed E-state index contributed by atoms with van der Waals surface area (Å²) in [5.74, 6) is 0. The number of hydrogen-bond donors (Lipinski definition) is 0. The fourth-order valence-electron chi connectivity index (χ4n) is 2.14. The number of fused-ring (bicyclic) bond motifs is 1. The average molecular weight is 238 g/mol. The maximum atomic E-state index is 2.33. The van der Waals surface area contributed by atoms with E-state index in [0.29, 0.717) is 0 Å². The lowest BCUT2D eigenvalue weighted by atomic mass is 10.0. The molecule has 0 spiro atoms. The van der Waals surface area contributed by atoms with Crippen LogP contribution in [-0.4, -0.2) is 0 Å². The standard InChI is InChI=1S/C16H14S/c1-12-11-17-16-8-7-14(10-15(12)16)9-13-5-3-2-4-6-13/h2-8,10-11H,9H2,1H3. The van der Waals surface area contributed by atoms with Crippen molar-refractivity contribution in [2.45, 2.75) is 13.3 Å². The molecule has 0 amide bonds. The zero-order valence-corrected chi connectivity index (χ0v) is 10.6. The van der Waals surface area contributed by atoms with Crippen LogP contribution in [0.2, 0.25) is 0 Å². The summed E-state index contributed by atoms with van der Waals surface area (Å²) in [4.78, 5) is 0. The number of benzene rings is 2. The van der Waals surface area contributed by atoms with Gasteiger partial charge in [-0.15, -0.1) is 11.3 Å². The topological polar surface area (TPSA) is 0 Å². The maximum Gasteiger partial charge on any atom is 0.0345 e. The van der Waals surface area contributed by atoms with Crippen LogP contribution in [0.5, 0.6) is 0 Å². The van der Waals surface area contributed by atoms with Crippen molar-refractivity contribution in [1.29, 1.82) is 0 Å². The molecule has 0 bridgehead atoms. The highest BCUT2D eigenvalue weighted by molar-refractivity contribution is 7.17. The van der Waals surface area contributed by atoms with Gasteiger partial charge in [0.05, 0.1) is 0 Å². The minimum atomic E-state index is 1.02. The summed E-state index contributed by atoms with van der Waals surface area (Å²) in [5, 5.41) is 3.64. The third-order valence-corrected chi connectivity index (χ3v) is 4.16. The van der Waals surface area contributed by atoms with Crippen LogP contribution in [0.3, 0.4) is 0 Å². The van der Waals surface area contributed by atoms with Gasteiger partial charge in [0.1, 0.15) is 0 Å². The third-order valence-electron chi connectivity index (χ3n) is 3.08. The number of thiophene rings is 1. The molecule has 3 rings (SSSR count). The summed E-state index contributed by atoms with van der Waals surface area (Å²) >= 11 is 1.83. The lowest BCUT2D eigenvalue weighted by Crippen LogP contribution is -1.87. The van der Waals surface area contributed by atoms with Crippen LogP contribution >= 0.6 is 11.3 Å². The quantitative estimate of drug-likeness (QED) is 0.601. The van der Waals surface area contributed by atoms with Crippen molar-refractivity contribution in [3.05, 3.63) is 70.6 Å².